The van der Waals surface area contributed by atoms with E-state index in [2.05, 4.69) is 15.7 Å². The summed E-state index contributed by atoms with van der Waals surface area (Å²) < 4.78 is 0. The number of carbonyl (C=O) groups is 2. The molecule has 0 aromatic carbocycles. The molecular formula is C11H15N5O2. The van der Waals surface area contributed by atoms with Crippen molar-refractivity contribution >= 4 is 17.6 Å². The molecule has 18 heavy (non-hydrogen) atoms. The second-order valence-electron chi connectivity index (χ2n) is 4.01. The van der Waals surface area contributed by atoms with Crippen molar-refractivity contribution in [3.05, 3.63) is 23.9 Å². The number of nitrogen functional groups attached to an aromatic ring is 1. The van der Waals surface area contributed by atoms with Crippen LogP contribution in [0.3, 0.4) is 0 Å². The molecular weight excluding hydrogens is 234 g/mol. The number of nitrogens with one attached hydrogen (secondary N) is 2. The number of hydrogen-bond donors (Lipinski definition) is 3. The highest BCUT2D eigenvalue weighted by Gasteiger charge is 2.30. The molecule has 1 atom stereocenters. The topological polar surface area (TPSA) is 100 Å². The molecule has 2 amide bonds. The van der Waals surface area contributed by atoms with Crippen molar-refractivity contribution in [3.8, 4) is 0 Å². The van der Waals surface area contributed by atoms with Crippen molar-refractivity contribution in [2.75, 3.05) is 18.5 Å². The maximum atomic E-state index is 12.3. The molecule has 1 aromatic heterocycles. The van der Waals surface area contributed by atoms with E-state index >= 15 is 0 Å². The molecule has 0 radical (unpaired) electrons. The second kappa shape index (κ2) is 5.01. The molecule has 1 aliphatic rings. The lowest BCUT2D eigenvalue weighted by atomic mass is 10.1. The van der Waals surface area contributed by atoms with Crippen LogP contribution < -0.4 is 16.6 Å². The minimum Gasteiger partial charge on any atom is -0.353 e. The summed E-state index contributed by atoms with van der Waals surface area (Å²) in [5.74, 6) is 5.22. The molecule has 7 heteroatoms. The van der Waals surface area contributed by atoms with Crippen LogP contribution in [0.25, 0.3) is 0 Å². The molecule has 96 valence electrons. The number of hydrazine groups is 1. The zero-order chi connectivity index (χ0) is 13.1. The van der Waals surface area contributed by atoms with Crippen LogP contribution in [0.1, 0.15) is 17.3 Å². The van der Waals surface area contributed by atoms with Crippen LogP contribution in [0, 0.1) is 0 Å². The molecule has 0 saturated carbocycles. The summed E-state index contributed by atoms with van der Waals surface area (Å²) in [6.45, 7) is 2.63. The van der Waals surface area contributed by atoms with E-state index in [1.807, 2.05) is 0 Å². The van der Waals surface area contributed by atoms with Gasteiger partial charge in [-0.3, -0.25) is 9.59 Å². The fraction of sp³-hybridized carbons (Fsp3) is 0.364. The Bertz CT molecular complexity index is 476. The summed E-state index contributed by atoms with van der Waals surface area (Å²) in [5, 5.41) is 2.71. The minimum atomic E-state index is -0.489. The molecule has 1 fully saturated rings. The predicted molar refractivity (Wildman–Crippen MR) is 65.6 cm³/mol. The molecule has 1 unspecified atom stereocenters. The number of pyridine rings is 1. The molecule has 4 N–H and O–H groups in total. The van der Waals surface area contributed by atoms with Crippen molar-refractivity contribution in [3.63, 3.8) is 0 Å². The van der Waals surface area contributed by atoms with Gasteiger partial charge in [-0.25, -0.2) is 10.8 Å². The van der Waals surface area contributed by atoms with E-state index in [1.54, 1.807) is 19.1 Å². The molecule has 1 aromatic rings. The van der Waals surface area contributed by atoms with Gasteiger partial charge in [0.15, 0.2) is 5.82 Å². The number of nitrogens with two attached hydrogens (primary N) is 1. The van der Waals surface area contributed by atoms with Crippen LogP contribution in [-0.4, -0.2) is 40.8 Å². The molecule has 1 saturated heterocycles. The summed E-state index contributed by atoms with van der Waals surface area (Å²) in [6.07, 6.45) is 1.54. The molecule has 0 aliphatic carbocycles. The predicted octanol–water partition coefficient (Wildman–Crippen LogP) is -0.672. The van der Waals surface area contributed by atoms with Crippen LogP contribution in [0.2, 0.25) is 0 Å². The Morgan fingerprint density at radius 2 is 2.44 bits per heavy atom. The largest absolute Gasteiger partial charge is 0.353 e. The smallest absolute Gasteiger partial charge is 0.258 e. The van der Waals surface area contributed by atoms with Crippen molar-refractivity contribution in [1.82, 2.24) is 15.2 Å². The average Bonchev–Trinajstić information content (AvgIpc) is 2.41. The van der Waals surface area contributed by atoms with Crippen LogP contribution >= 0.6 is 0 Å². The number of piperazine rings is 1. The standard InChI is InChI=1S/C11H15N5O2/c1-7-10(17)14-5-6-16(7)11(18)8-3-2-4-13-9(8)15-12/h2-4,7H,5-6,12H2,1H3,(H,13,15)(H,14,17). The van der Waals surface area contributed by atoms with E-state index in [4.69, 9.17) is 5.84 Å². The molecule has 7 nitrogen and oxygen atoms in total. The Labute approximate surface area is 104 Å². The average molecular weight is 249 g/mol. The van der Waals surface area contributed by atoms with Crippen LogP contribution in [0.5, 0.6) is 0 Å². The van der Waals surface area contributed by atoms with E-state index in [-0.39, 0.29) is 11.8 Å². The fourth-order valence-corrected chi connectivity index (χ4v) is 1.91. The SMILES string of the molecule is CC1C(=O)NCCN1C(=O)c1cccnc1NN. The lowest BCUT2D eigenvalue weighted by molar-refractivity contribution is -0.127. The Morgan fingerprint density at radius 3 is 3.17 bits per heavy atom. The third kappa shape index (κ3) is 2.12. The van der Waals surface area contributed by atoms with Crippen molar-refractivity contribution in [2.24, 2.45) is 5.84 Å². The first-order chi connectivity index (χ1) is 8.65. The van der Waals surface area contributed by atoms with Gasteiger partial charge >= 0.3 is 0 Å². The van der Waals surface area contributed by atoms with Gasteiger partial charge in [0, 0.05) is 19.3 Å². The number of hydrogen-bond acceptors (Lipinski definition) is 5. The Balaban J connectivity index is 2.27. The number of aromatic nitrogens is 1. The molecule has 0 bridgehead atoms. The van der Waals surface area contributed by atoms with Crippen molar-refractivity contribution in [2.45, 2.75) is 13.0 Å². The van der Waals surface area contributed by atoms with Gasteiger partial charge in [0.25, 0.3) is 5.91 Å². The monoisotopic (exact) mass is 249 g/mol. The van der Waals surface area contributed by atoms with E-state index in [9.17, 15) is 9.59 Å². The van der Waals surface area contributed by atoms with Crippen molar-refractivity contribution < 1.29 is 9.59 Å². The lowest BCUT2D eigenvalue weighted by Gasteiger charge is -2.33. The summed E-state index contributed by atoms with van der Waals surface area (Å²) in [7, 11) is 0. The Hall–Kier alpha value is -2.15. The Kier molecular flexibility index (Phi) is 3.42. The lowest BCUT2D eigenvalue weighted by Crippen LogP contribution is -2.55. The van der Waals surface area contributed by atoms with E-state index in [0.717, 1.165) is 0 Å². The van der Waals surface area contributed by atoms with Gasteiger partial charge in [0.2, 0.25) is 5.91 Å². The number of carbonyl (C=O) groups excluding carboxylic acids is 2. The van der Waals surface area contributed by atoms with Gasteiger partial charge in [-0.15, -0.1) is 0 Å². The van der Waals surface area contributed by atoms with Gasteiger partial charge in [0.1, 0.15) is 6.04 Å². The highest BCUT2D eigenvalue weighted by molar-refractivity contribution is 6.01. The van der Waals surface area contributed by atoms with Crippen molar-refractivity contribution in [1.29, 1.82) is 0 Å². The van der Waals surface area contributed by atoms with E-state index in [0.29, 0.717) is 24.5 Å². The number of nitrogens with zero attached hydrogens (tertiary/aromatic N) is 2. The van der Waals surface area contributed by atoms with Crippen LogP contribution in [0.15, 0.2) is 18.3 Å². The van der Waals surface area contributed by atoms with E-state index in [1.165, 1.54) is 11.1 Å². The third-order valence-electron chi connectivity index (χ3n) is 2.93. The molecule has 1 aliphatic heterocycles. The Morgan fingerprint density at radius 1 is 1.67 bits per heavy atom. The number of rotatable bonds is 2. The van der Waals surface area contributed by atoms with Gasteiger partial charge in [-0.2, -0.15) is 0 Å². The summed E-state index contributed by atoms with van der Waals surface area (Å²) in [5.41, 5.74) is 2.74. The van der Waals surface area contributed by atoms with Gasteiger partial charge < -0.3 is 15.6 Å². The van der Waals surface area contributed by atoms with Crippen LogP contribution in [0.4, 0.5) is 5.82 Å². The maximum Gasteiger partial charge on any atom is 0.258 e. The quantitative estimate of drug-likeness (QED) is 0.476. The third-order valence-corrected chi connectivity index (χ3v) is 2.93. The second-order valence-corrected chi connectivity index (χ2v) is 4.01. The molecule has 2 rings (SSSR count). The summed E-state index contributed by atoms with van der Waals surface area (Å²) in [4.78, 5) is 29.4. The zero-order valence-electron chi connectivity index (χ0n) is 10.0. The molecule has 0 spiro atoms. The maximum absolute atomic E-state index is 12.3. The van der Waals surface area contributed by atoms with E-state index < -0.39 is 6.04 Å². The minimum absolute atomic E-state index is 0.152. The zero-order valence-corrected chi connectivity index (χ0v) is 10.0. The summed E-state index contributed by atoms with van der Waals surface area (Å²) in [6, 6.07) is 2.80. The molecule has 2 heterocycles. The first-order valence-corrected chi connectivity index (χ1v) is 5.65. The van der Waals surface area contributed by atoms with Crippen LogP contribution in [-0.2, 0) is 4.79 Å². The van der Waals surface area contributed by atoms with Gasteiger partial charge in [0.05, 0.1) is 5.56 Å². The normalized spacial score (nSPS) is 19.3. The number of anilines is 1. The highest BCUT2D eigenvalue weighted by atomic mass is 16.2. The number of amides is 2. The van der Waals surface area contributed by atoms with Gasteiger partial charge in [-0.05, 0) is 19.1 Å². The highest BCUT2D eigenvalue weighted by Crippen LogP contribution is 2.16. The first kappa shape index (κ1) is 12.3. The summed E-state index contributed by atoms with van der Waals surface area (Å²) >= 11 is 0. The fourth-order valence-electron chi connectivity index (χ4n) is 1.91. The first-order valence-electron chi connectivity index (χ1n) is 5.65. The van der Waals surface area contributed by atoms with Gasteiger partial charge in [-0.1, -0.05) is 0 Å².